The van der Waals surface area contributed by atoms with Crippen molar-refractivity contribution in [3.8, 4) is 0 Å². The molecule has 0 aromatic heterocycles. The maximum absolute atomic E-state index is 12.3. The minimum absolute atomic E-state index is 0.0717. The van der Waals surface area contributed by atoms with Crippen LogP contribution < -0.4 is 10.6 Å². The molecule has 1 heterocycles. The van der Waals surface area contributed by atoms with E-state index in [0.29, 0.717) is 0 Å². The molecule has 2 rings (SSSR count). The zero-order valence-corrected chi connectivity index (χ0v) is 13.7. The highest BCUT2D eigenvalue weighted by molar-refractivity contribution is 5.75. The first-order valence-corrected chi connectivity index (χ1v) is 7.66. The third-order valence-corrected chi connectivity index (χ3v) is 4.07. The van der Waals surface area contributed by atoms with Crippen LogP contribution in [0.4, 0.5) is 4.79 Å². The van der Waals surface area contributed by atoms with Crippen LogP contribution in [0.25, 0.3) is 0 Å². The summed E-state index contributed by atoms with van der Waals surface area (Å²) in [5, 5.41) is 15.3. The number of nitrogens with one attached hydrogen (secondary N) is 2. The summed E-state index contributed by atoms with van der Waals surface area (Å²) in [5.41, 5.74) is 0.210. The van der Waals surface area contributed by atoms with Crippen molar-refractivity contribution in [3.05, 3.63) is 35.9 Å². The van der Waals surface area contributed by atoms with Crippen LogP contribution in [0.1, 0.15) is 45.7 Å². The normalized spacial score (nSPS) is 23.8. The number of benzene rings is 1. The van der Waals surface area contributed by atoms with Crippen LogP contribution in [0.3, 0.4) is 0 Å². The fourth-order valence-corrected chi connectivity index (χ4v) is 3.06. The van der Waals surface area contributed by atoms with Gasteiger partial charge in [0.15, 0.2) is 0 Å². The highest BCUT2D eigenvalue weighted by Crippen LogP contribution is 2.37. The van der Waals surface area contributed by atoms with Gasteiger partial charge in [-0.15, -0.1) is 0 Å². The first-order chi connectivity index (χ1) is 10.2. The number of carbonyl (C=O) groups is 1. The second kappa shape index (κ2) is 6.26. The van der Waals surface area contributed by atoms with Gasteiger partial charge in [-0.3, -0.25) is 0 Å². The maximum atomic E-state index is 12.3. The van der Waals surface area contributed by atoms with Crippen molar-refractivity contribution >= 4 is 6.03 Å². The zero-order chi connectivity index (χ0) is 16.4. The van der Waals surface area contributed by atoms with Crippen molar-refractivity contribution in [1.29, 1.82) is 0 Å². The molecule has 0 radical (unpaired) electrons. The van der Waals surface area contributed by atoms with E-state index in [1.165, 1.54) is 0 Å². The molecule has 1 aliphatic heterocycles. The van der Waals surface area contributed by atoms with Crippen molar-refractivity contribution < 1.29 is 14.6 Å². The summed E-state index contributed by atoms with van der Waals surface area (Å²) in [4.78, 5) is 12.3. The fourth-order valence-electron chi connectivity index (χ4n) is 3.06. The van der Waals surface area contributed by atoms with Gasteiger partial charge in [-0.25, -0.2) is 4.79 Å². The van der Waals surface area contributed by atoms with Crippen molar-refractivity contribution in [2.24, 2.45) is 0 Å². The third-order valence-electron chi connectivity index (χ3n) is 4.07. The zero-order valence-electron chi connectivity index (χ0n) is 13.7. The van der Waals surface area contributed by atoms with E-state index in [1.807, 2.05) is 58.0 Å². The number of ether oxygens (including phenoxy) is 1. The highest BCUT2D eigenvalue weighted by atomic mass is 16.5. The molecule has 5 nitrogen and oxygen atoms in total. The smallest absolute Gasteiger partial charge is 0.315 e. The van der Waals surface area contributed by atoms with Crippen molar-refractivity contribution in [1.82, 2.24) is 10.6 Å². The summed E-state index contributed by atoms with van der Waals surface area (Å²) in [6, 6.07) is 8.65. The molecule has 1 unspecified atom stereocenters. The summed E-state index contributed by atoms with van der Waals surface area (Å²) < 4.78 is 5.97. The van der Waals surface area contributed by atoms with Crippen molar-refractivity contribution in [2.75, 3.05) is 6.61 Å². The van der Waals surface area contributed by atoms with Gasteiger partial charge >= 0.3 is 6.03 Å². The van der Waals surface area contributed by atoms with E-state index in [4.69, 9.17) is 4.74 Å². The molecule has 0 bridgehead atoms. The molecule has 0 saturated carbocycles. The van der Waals surface area contributed by atoms with E-state index in [-0.39, 0.29) is 24.3 Å². The highest BCUT2D eigenvalue weighted by Gasteiger charge is 2.46. The average molecular weight is 306 g/mol. The lowest BCUT2D eigenvalue weighted by molar-refractivity contribution is -0.0690. The van der Waals surface area contributed by atoms with E-state index in [2.05, 4.69) is 10.6 Å². The number of rotatable bonds is 4. The monoisotopic (exact) mass is 306 g/mol. The number of amides is 2. The Morgan fingerprint density at radius 1 is 1.32 bits per heavy atom. The van der Waals surface area contributed by atoms with Crippen LogP contribution in [0, 0.1) is 0 Å². The Balaban J connectivity index is 1.98. The number of aliphatic hydroxyl groups excluding tert-OH is 1. The van der Waals surface area contributed by atoms with Crippen LogP contribution in [-0.4, -0.2) is 35.0 Å². The molecule has 1 aliphatic rings. The Kier molecular flexibility index (Phi) is 4.78. The molecule has 3 N–H and O–H groups in total. The summed E-state index contributed by atoms with van der Waals surface area (Å²) in [5.74, 6) is 0. The molecule has 1 aromatic rings. The third kappa shape index (κ3) is 3.99. The minimum Gasteiger partial charge on any atom is -0.394 e. The summed E-state index contributed by atoms with van der Waals surface area (Å²) >= 11 is 0. The summed E-state index contributed by atoms with van der Waals surface area (Å²) in [7, 11) is 0. The molecule has 2 atom stereocenters. The Bertz CT molecular complexity index is 514. The lowest BCUT2D eigenvalue weighted by Crippen LogP contribution is -2.50. The number of urea groups is 1. The van der Waals surface area contributed by atoms with E-state index < -0.39 is 11.6 Å². The van der Waals surface area contributed by atoms with E-state index in [9.17, 15) is 9.90 Å². The van der Waals surface area contributed by atoms with Gasteiger partial charge in [-0.1, -0.05) is 30.3 Å². The predicted molar refractivity (Wildman–Crippen MR) is 85.6 cm³/mol. The Morgan fingerprint density at radius 2 is 1.95 bits per heavy atom. The number of aliphatic hydroxyl groups is 1. The number of hydrogen-bond acceptors (Lipinski definition) is 3. The van der Waals surface area contributed by atoms with Crippen LogP contribution >= 0.6 is 0 Å². The van der Waals surface area contributed by atoms with Gasteiger partial charge < -0.3 is 20.5 Å². The molecular formula is C17H26N2O3. The largest absolute Gasteiger partial charge is 0.394 e. The first kappa shape index (κ1) is 16.8. The second-order valence-corrected chi connectivity index (χ2v) is 6.99. The van der Waals surface area contributed by atoms with Crippen LogP contribution in [-0.2, 0) is 4.74 Å². The molecule has 1 aromatic carbocycles. The lowest BCUT2D eigenvalue weighted by atomic mass is 9.94. The maximum Gasteiger partial charge on any atom is 0.315 e. The van der Waals surface area contributed by atoms with E-state index >= 15 is 0 Å². The van der Waals surface area contributed by atoms with Crippen molar-refractivity contribution in [3.63, 3.8) is 0 Å². The molecule has 1 fully saturated rings. The SMILES string of the molecule is CC1(C)CC(NC(=O)N[C@H](CO)c2ccccc2)C(C)(C)O1. The summed E-state index contributed by atoms with van der Waals surface area (Å²) in [6.45, 7) is 7.86. The van der Waals surface area contributed by atoms with Gasteiger partial charge in [0.25, 0.3) is 0 Å². The Hall–Kier alpha value is -1.59. The molecule has 2 amide bonds. The first-order valence-electron chi connectivity index (χ1n) is 7.66. The molecular weight excluding hydrogens is 280 g/mol. The van der Waals surface area contributed by atoms with E-state index in [1.54, 1.807) is 0 Å². The van der Waals surface area contributed by atoms with Gasteiger partial charge in [0.05, 0.1) is 29.9 Å². The van der Waals surface area contributed by atoms with E-state index in [0.717, 1.165) is 12.0 Å². The van der Waals surface area contributed by atoms with Gasteiger partial charge in [-0.05, 0) is 39.7 Å². The Morgan fingerprint density at radius 3 is 2.45 bits per heavy atom. The second-order valence-electron chi connectivity index (χ2n) is 6.99. The van der Waals surface area contributed by atoms with Gasteiger partial charge in [0.1, 0.15) is 0 Å². The number of hydrogen-bond donors (Lipinski definition) is 3. The minimum atomic E-state index is -0.417. The topological polar surface area (TPSA) is 70.6 Å². The average Bonchev–Trinajstić information content (AvgIpc) is 2.64. The van der Waals surface area contributed by atoms with Gasteiger partial charge in [-0.2, -0.15) is 0 Å². The van der Waals surface area contributed by atoms with Crippen LogP contribution in [0.15, 0.2) is 30.3 Å². The molecule has 22 heavy (non-hydrogen) atoms. The van der Waals surface area contributed by atoms with Crippen LogP contribution in [0.2, 0.25) is 0 Å². The summed E-state index contributed by atoms with van der Waals surface area (Å²) in [6.07, 6.45) is 0.753. The molecule has 0 spiro atoms. The molecule has 5 heteroatoms. The standard InChI is InChI=1S/C17H26N2O3/c1-16(2)10-14(17(3,4)22-16)19-15(21)18-13(11-20)12-8-6-5-7-9-12/h5-9,13-14,20H,10-11H2,1-4H3,(H2,18,19,21)/t13-,14?/m1/s1. The molecule has 0 aliphatic carbocycles. The van der Waals surface area contributed by atoms with Gasteiger partial charge in [0.2, 0.25) is 0 Å². The van der Waals surface area contributed by atoms with Gasteiger partial charge in [0, 0.05) is 0 Å². The Labute approximate surface area is 132 Å². The predicted octanol–water partition coefficient (Wildman–Crippen LogP) is 2.37. The molecule has 122 valence electrons. The van der Waals surface area contributed by atoms with Crippen molar-refractivity contribution in [2.45, 2.75) is 57.4 Å². The fraction of sp³-hybridized carbons (Fsp3) is 0.588. The molecule has 1 saturated heterocycles. The quantitative estimate of drug-likeness (QED) is 0.800. The lowest BCUT2D eigenvalue weighted by Gasteiger charge is -2.28. The van der Waals surface area contributed by atoms with Crippen LogP contribution in [0.5, 0.6) is 0 Å². The number of carbonyl (C=O) groups excluding carboxylic acids is 1.